The quantitative estimate of drug-likeness (QED) is 0.294. The van der Waals surface area contributed by atoms with Crippen molar-refractivity contribution in [2.45, 2.75) is 75.7 Å². The second kappa shape index (κ2) is 9.75. The third-order valence-electron chi connectivity index (χ3n) is 5.52. The summed E-state index contributed by atoms with van der Waals surface area (Å²) in [5.74, 6) is 0.127. The van der Waals surface area contributed by atoms with E-state index in [0.29, 0.717) is 12.8 Å². The average Bonchev–Trinajstić information content (AvgIpc) is 2.90. The summed E-state index contributed by atoms with van der Waals surface area (Å²) < 4.78 is 4.65. The molecule has 4 heteroatoms. The van der Waals surface area contributed by atoms with Gasteiger partial charge in [0.1, 0.15) is 0 Å². The monoisotopic (exact) mass is 392 g/mol. The smallest absolute Gasteiger partial charge is 0.305 e. The van der Waals surface area contributed by atoms with Crippen LogP contribution >= 0.6 is 11.6 Å². The second-order valence-electron chi connectivity index (χ2n) is 8.56. The van der Waals surface area contributed by atoms with Crippen molar-refractivity contribution >= 4 is 17.6 Å². The van der Waals surface area contributed by atoms with Crippen molar-refractivity contribution in [3.63, 3.8) is 0 Å². The zero-order valence-corrected chi connectivity index (χ0v) is 17.7. The fraction of sp³-hybridized carbons (Fsp3) is 0.609. The van der Waals surface area contributed by atoms with Crippen molar-refractivity contribution in [1.29, 1.82) is 0 Å². The van der Waals surface area contributed by atoms with Gasteiger partial charge in [0.15, 0.2) is 0 Å². The number of rotatable bonds is 7. The molecule has 1 aliphatic rings. The molecule has 0 radical (unpaired) electrons. The number of ether oxygens (including phenoxy) is 1. The van der Waals surface area contributed by atoms with Gasteiger partial charge in [0.05, 0.1) is 13.2 Å². The van der Waals surface area contributed by atoms with Gasteiger partial charge in [0.2, 0.25) is 0 Å². The molecule has 0 amide bonds. The van der Waals surface area contributed by atoms with Crippen molar-refractivity contribution < 1.29 is 14.6 Å². The van der Waals surface area contributed by atoms with Crippen LogP contribution in [0.2, 0.25) is 0 Å². The van der Waals surface area contributed by atoms with Crippen LogP contribution in [0, 0.1) is 5.92 Å². The summed E-state index contributed by atoms with van der Waals surface area (Å²) >= 11 is 6.57. The first-order valence-corrected chi connectivity index (χ1v) is 10.3. The van der Waals surface area contributed by atoms with E-state index < -0.39 is 6.10 Å². The number of unbranched alkanes of at least 4 members (excludes halogenated alkanes) is 1. The Morgan fingerprint density at radius 3 is 2.52 bits per heavy atom. The summed E-state index contributed by atoms with van der Waals surface area (Å²) in [7, 11) is 1.42. The molecular weight excluding hydrogens is 360 g/mol. The molecule has 150 valence electrons. The number of esters is 1. The summed E-state index contributed by atoms with van der Waals surface area (Å²) in [6.07, 6.45) is 7.42. The average molecular weight is 393 g/mol. The van der Waals surface area contributed by atoms with E-state index in [-0.39, 0.29) is 28.6 Å². The van der Waals surface area contributed by atoms with Gasteiger partial charge in [0, 0.05) is 17.7 Å². The normalized spacial score (nSPS) is 25.9. The van der Waals surface area contributed by atoms with Gasteiger partial charge in [-0.2, -0.15) is 0 Å². The fourth-order valence-electron chi connectivity index (χ4n) is 3.87. The van der Waals surface area contributed by atoms with E-state index >= 15 is 0 Å². The zero-order chi connectivity index (χ0) is 20.0. The van der Waals surface area contributed by atoms with E-state index in [9.17, 15) is 9.90 Å². The highest BCUT2D eigenvalue weighted by Crippen LogP contribution is 2.45. The highest BCUT2D eigenvalue weighted by Gasteiger charge is 2.41. The lowest BCUT2D eigenvalue weighted by molar-refractivity contribution is -0.140. The van der Waals surface area contributed by atoms with Crippen molar-refractivity contribution in [1.82, 2.24) is 0 Å². The molecular formula is C23H33ClO3. The largest absolute Gasteiger partial charge is 0.469 e. The molecule has 0 bridgehead atoms. The third-order valence-corrected chi connectivity index (χ3v) is 6.02. The maximum absolute atomic E-state index is 11.1. The number of allylic oxidation sites excluding steroid dienone is 2. The Morgan fingerprint density at radius 1 is 1.26 bits per heavy atom. The van der Waals surface area contributed by atoms with Gasteiger partial charge in [-0.25, -0.2) is 0 Å². The number of carbonyl (C=O) groups excluding carboxylic acids is 1. The molecule has 1 N–H and O–H groups in total. The molecule has 1 aliphatic carbocycles. The van der Waals surface area contributed by atoms with E-state index in [1.165, 1.54) is 18.2 Å². The summed E-state index contributed by atoms with van der Waals surface area (Å²) in [5, 5.41) is 10.6. The van der Waals surface area contributed by atoms with Crippen molar-refractivity contribution in [2.75, 3.05) is 7.11 Å². The lowest BCUT2D eigenvalue weighted by Gasteiger charge is -2.25. The molecule has 3 nitrogen and oxygen atoms in total. The highest BCUT2D eigenvalue weighted by molar-refractivity contribution is 6.21. The van der Waals surface area contributed by atoms with Crippen molar-refractivity contribution in [2.24, 2.45) is 5.92 Å². The topological polar surface area (TPSA) is 46.5 Å². The van der Waals surface area contributed by atoms with Gasteiger partial charge in [0.25, 0.3) is 0 Å². The highest BCUT2D eigenvalue weighted by atomic mass is 35.5. The number of benzene rings is 1. The molecule has 0 spiro atoms. The standard InChI is InChI=1S/C23H33ClO3/c1-23(2,3)17-13-11-16(12-14-17)22-18(19(24)15-20(22)25)9-7-5-6-8-10-21(26)27-4/h5,7,11-14,18-20,22,25H,6,8-10,15H2,1-4H3/b7-5-/t18-,19-,20+,22+/m0/s1. The molecule has 1 saturated carbocycles. The van der Waals surface area contributed by atoms with E-state index in [1.807, 2.05) is 0 Å². The predicted molar refractivity (Wildman–Crippen MR) is 111 cm³/mol. The molecule has 1 aromatic carbocycles. The summed E-state index contributed by atoms with van der Waals surface area (Å²) in [4.78, 5) is 11.1. The molecule has 0 aliphatic heterocycles. The van der Waals surface area contributed by atoms with E-state index in [2.05, 4.69) is 61.9 Å². The number of methoxy groups -OCH3 is 1. The molecule has 0 aromatic heterocycles. The third kappa shape index (κ3) is 6.08. The molecule has 1 fully saturated rings. The van der Waals surface area contributed by atoms with Crippen molar-refractivity contribution in [3.05, 3.63) is 47.5 Å². The first-order chi connectivity index (χ1) is 12.7. The number of carbonyl (C=O) groups is 1. The lowest BCUT2D eigenvalue weighted by Crippen LogP contribution is -2.19. The molecule has 0 unspecified atom stereocenters. The second-order valence-corrected chi connectivity index (χ2v) is 9.12. The summed E-state index contributed by atoms with van der Waals surface area (Å²) in [6.45, 7) is 6.61. The minimum Gasteiger partial charge on any atom is -0.469 e. The van der Waals surface area contributed by atoms with Crippen molar-refractivity contribution in [3.8, 4) is 0 Å². The van der Waals surface area contributed by atoms with Gasteiger partial charge < -0.3 is 9.84 Å². The number of aliphatic hydroxyl groups excluding tert-OH is 1. The predicted octanol–water partition coefficient (Wildman–Crippen LogP) is 5.35. The van der Waals surface area contributed by atoms with Gasteiger partial charge in [-0.3, -0.25) is 4.79 Å². The van der Waals surface area contributed by atoms with E-state index in [0.717, 1.165) is 19.3 Å². The molecule has 0 saturated heterocycles. The number of aliphatic hydroxyl groups is 1. The molecule has 4 atom stereocenters. The van der Waals surface area contributed by atoms with Gasteiger partial charge in [-0.1, -0.05) is 57.2 Å². The number of halogens is 1. The number of hydrogen-bond acceptors (Lipinski definition) is 3. The lowest BCUT2D eigenvalue weighted by atomic mass is 9.82. The van der Waals surface area contributed by atoms with Crippen LogP contribution in [0.3, 0.4) is 0 Å². The Hall–Kier alpha value is -1.32. The summed E-state index contributed by atoms with van der Waals surface area (Å²) in [6, 6.07) is 8.64. The van der Waals surface area contributed by atoms with Crippen LogP contribution in [0.5, 0.6) is 0 Å². The van der Waals surface area contributed by atoms with E-state index in [4.69, 9.17) is 11.6 Å². The SMILES string of the molecule is COC(=O)CCC/C=C\C[C@@H]1[C@@H](c2ccc(C(C)(C)C)cc2)[C@H](O)C[C@@H]1Cl. The molecule has 2 rings (SSSR count). The summed E-state index contributed by atoms with van der Waals surface area (Å²) in [5.41, 5.74) is 2.58. The Bertz CT molecular complexity index is 630. The number of hydrogen-bond donors (Lipinski definition) is 1. The minimum atomic E-state index is -0.397. The van der Waals surface area contributed by atoms with Crippen LogP contribution < -0.4 is 0 Å². The van der Waals surface area contributed by atoms with Crippen LogP contribution in [0.4, 0.5) is 0 Å². The van der Waals surface area contributed by atoms with Crippen LogP contribution in [-0.2, 0) is 14.9 Å². The minimum absolute atomic E-state index is 0.0213. The fourth-order valence-corrected chi connectivity index (χ4v) is 4.31. The van der Waals surface area contributed by atoms with Gasteiger partial charge in [-0.15, -0.1) is 11.6 Å². The van der Waals surface area contributed by atoms with Crippen LogP contribution in [0.1, 0.15) is 69.9 Å². The Morgan fingerprint density at radius 2 is 1.93 bits per heavy atom. The Kier molecular flexibility index (Phi) is 7.93. The molecule has 27 heavy (non-hydrogen) atoms. The maximum Gasteiger partial charge on any atom is 0.305 e. The van der Waals surface area contributed by atoms with E-state index in [1.54, 1.807) is 0 Å². The van der Waals surface area contributed by atoms with Gasteiger partial charge >= 0.3 is 5.97 Å². The Labute approximate surface area is 168 Å². The maximum atomic E-state index is 11.1. The number of alkyl halides is 1. The van der Waals surface area contributed by atoms with Crippen LogP contribution in [0.25, 0.3) is 0 Å². The first kappa shape index (κ1) is 22.0. The van der Waals surface area contributed by atoms with Crippen LogP contribution in [0.15, 0.2) is 36.4 Å². The first-order valence-electron chi connectivity index (χ1n) is 9.88. The molecule has 1 aromatic rings. The zero-order valence-electron chi connectivity index (χ0n) is 17.0. The van der Waals surface area contributed by atoms with Crippen LogP contribution in [-0.4, -0.2) is 29.7 Å². The Balaban J connectivity index is 1.99. The molecule has 0 heterocycles. The van der Waals surface area contributed by atoms with Gasteiger partial charge in [-0.05, 0) is 48.1 Å².